The Kier molecular flexibility index (Phi) is 4.43. The Labute approximate surface area is 109 Å². The number of aliphatic hydroxyl groups is 2. The largest absolute Gasteiger partial charge is 0.383 e. The molecule has 0 radical (unpaired) electrons. The second-order valence-electron chi connectivity index (χ2n) is 4.32. The van der Waals surface area contributed by atoms with E-state index < -0.39 is 29.3 Å². The third kappa shape index (κ3) is 3.07. The first-order valence-electron chi connectivity index (χ1n) is 5.85. The standard InChI is InChI=1S/C12H15NO6/c14-11(8-4-2-1-3-5-8)10(13(16)17)12(15)9-6-18-7-19-9/h1-5,9-12,14-15H,6-7H2. The minimum Gasteiger partial charge on any atom is -0.383 e. The molecule has 7 nitrogen and oxygen atoms in total. The zero-order valence-corrected chi connectivity index (χ0v) is 10.1. The number of ether oxygens (including phenoxy) is 2. The second kappa shape index (κ2) is 6.07. The van der Waals surface area contributed by atoms with Gasteiger partial charge >= 0.3 is 0 Å². The van der Waals surface area contributed by atoms with Crippen LogP contribution in [-0.4, -0.2) is 46.8 Å². The van der Waals surface area contributed by atoms with Gasteiger partial charge in [-0.25, -0.2) is 0 Å². The zero-order valence-electron chi connectivity index (χ0n) is 10.1. The van der Waals surface area contributed by atoms with E-state index in [1.807, 2.05) is 0 Å². The van der Waals surface area contributed by atoms with Crippen LogP contribution in [0.3, 0.4) is 0 Å². The summed E-state index contributed by atoms with van der Waals surface area (Å²) >= 11 is 0. The molecule has 1 aliphatic rings. The van der Waals surface area contributed by atoms with Crippen LogP contribution in [0, 0.1) is 10.1 Å². The molecular weight excluding hydrogens is 254 g/mol. The van der Waals surface area contributed by atoms with Crippen molar-refractivity contribution in [2.45, 2.75) is 24.4 Å². The van der Waals surface area contributed by atoms with E-state index in [1.54, 1.807) is 30.3 Å². The van der Waals surface area contributed by atoms with Gasteiger partial charge < -0.3 is 19.7 Å². The molecule has 1 aromatic rings. The Hall–Kier alpha value is -1.54. The van der Waals surface area contributed by atoms with Crippen molar-refractivity contribution in [2.75, 3.05) is 13.4 Å². The molecule has 2 rings (SSSR count). The topological polar surface area (TPSA) is 102 Å². The molecule has 1 fully saturated rings. The smallest absolute Gasteiger partial charge is 0.270 e. The van der Waals surface area contributed by atoms with Crippen LogP contribution in [0.1, 0.15) is 11.7 Å². The average Bonchev–Trinajstić information content (AvgIpc) is 2.93. The van der Waals surface area contributed by atoms with Crippen molar-refractivity contribution in [3.05, 3.63) is 46.0 Å². The van der Waals surface area contributed by atoms with E-state index in [0.717, 1.165) is 0 Å². The highest BCUT2D eigenvalue weighted by Gasteiger charge is 2.44. The maximum absolute atomic E-state index is 11.1. The summed E-state index contributed by atoms with van der Waals surface area (Å²) in [5.41, 5.74) is 0.377. The molecular formula is C12H15NO6. The normalized spacial score (nSPS) is 23.8. The van der Waals surface area contributed by atoms with Gasteiger partial charge in [0.25, 0.3) is 6.04 Å². The number of hydrogen-bond donors (Lipinski definition) is 2. The van der Waals surface area contributed by atoms with Crippen molar-refractivity contribution in [3.8, 4) is 0 Å². The van der Waals surface area contributed by atoms with Crippen molar-refractivity contribution in [1.29, 1.82) is 0 Å². The number of aliphatic hydroxyl groups excluding tert-OH is 2. The van der Waals surface area contributed by atoms with Gasteiger partial charge in [0.1, 0.15) is 19.0 Å². The monoisotopic (exact) mass is 269 g/mol. The predicted molar refractivity (Wildman–Crippen MR) is 63.9 cm³/mol. The quantitative estimate of drug-likeness (QED) is 0.580. The van der Waals surface area contributed by atoms with Crippen molar-refractivity contribution in [2.24, 2.45) is 0 Å². The van der Waals surface area contributed by atoms with Gasteiger partial charge in [0.05, 0.1) is 6.61 Å². The summed E-state index contributed by atoms with van der Waals surface area (Å²) in [7, 11) is 0. The fourth-order valence-corrected chi connectivity index (χ4v) is 2.04. The van der Waals surface area contributed by atoms with Crippen LogP contribution in [0.2, 0.25) is 0 Å². The first-order chi connectivity index (χ1) is 9.11. The van der Waals surface area contributed by atoms with Gasteiger partial charge in [0, 0.05) is 4.92 Å². The van der Waals surface area contributed by atoms with Crippen molar-refractivity contribution >= 4 is 0 Å². The zero-order chi connectivity index (χ0) is 13.8. The lowest BCUT2D eigenvalue weighted by molar-refractivity contribution is -0.550. The maximum atomic E-state index is 11.1. The molecule has 19 heavy (non-hydrogen) atoms. The van der Waals surface area contributed by atoms with Crippen LogP contribution >= 0.6 is 0 Å². The van der Waals surface area contributed by atoms with Gasteiger partial charge in [-0.2, -0.15) is 0 Å². The van der Waals surface area contributed by atoms with E-state index >= 15 is 0 Å². The van der Waals surface area contributed by atoms with Crippen LogP contribution in [0.25, 0.3) is 0 Å². The van der Waals surface area contributed by atoms with E-state index in [4.69, 9.17) is 9.47 Å². The van der Waals surface area contributed by atoms with Crippen molar-refractivity contribution < 1.29 is 24.6 Å². The lowest BCUT2D eigenvalue weighted by atomic mass is 9.95. The Balaban J connectivity index is 2.17. The number of hydrogen-bond acceptors (Lipinski definition) is 6. The van der Waals surface area contributed by atoms with Gasteiger partial charge in [0.15, 0.2) is 6.10 Å². The molecule has 0 aromatic heterocycles. The molecule has 0 amide bonds. The third-order valence-electron chi connectivity index (χ3n) is 3.09. The van der Waals surface area contributed by atoms with Gasteiger partial charge in [-0.15, -0.1) is 0 Å². The lowest BCUT2D eigenvalue weighted by Gasteiger charge is -2.23. The van der Waals surface area contributed by atoms with E-state index in [1.165, 1.54) is 0 Å². The third-order valence-corrected chi connectivity index (χ3v) is 3.09. The molecule has 0 aliphatic carbocycles. The van der Waals surface area contributed by atoms with Crippen LogP contribution in [0.15, 0.2) is 30.3 Å². The molecule has 4 unspecified atom stereocenters. The highest BCUT2D eigenvalue weighted by molar-refractivity contribution is 5.18. The first kappa shape index (κ1) is 13.9. The summed E-state index contributed by atoms with van der Waals surface area (Å²) in [5, 5.41) is 31.2. The SMILES string of the molecule is O=[N+]([O-])C(C(O)c1ccccc1)C(O)C1COCO1. The molecule has 0 spiro atoms. The van der Waals surface area contributed by atoms with Crippen LogP contribution in [0.5, 0.6) is 0 Å². The number of benzene rings is 1. The molecule has 1 aromatic carbocycles. The Morgan fingerprint density at radius 2 is 2.00 bits per heavy atom. The summed E-state index contributed by atoms with van der Waals surface area (Å²) in [6.45, 7) is 0.0700. The predicted octanol–water partition coefficient (Wildman–Crippen LogP) is 0.0991. The van der Waals surface area contributed by atoms with Gasteiger partial charge in [-0.3, -0.25) is 10.1 Å². The maximum Gasteiger partial charge on any atom is 0.270 e. The second-order valence-corrected chi connectivity index (χ2v) is 4.32. The highest BCUT2D eigenvalue weighted by atomic mass is 16.7. The molecule has 4 atom stereocenters. The molecule has 1 aliphatic heterocycles. The molecule has 1 saturated heterocycles. The Bertz CT molecular complexity index is 419. The minimum absolute atomic E-state index is 0.00636. The van der Waals surface area contributed by atoms with Crippen molar-refractivity contribution in [3.63, 3.8) is 0 Å². The summed E-state index contributed by atoms with van der Waals surface area (Å²) < 4.78 is 9.95. The van der Waals surface area contributed by atoms with Gasteiger partial charge in [0.2, 0.25) is 0 Å². The van der Waals surface area contributed by atoms with Crippen molar-refractivity contribution in [1.82, 2.24) is 0 Å². The Morgan fingerprint density at radius 1 is 1.32 bits per heavy atom. The summed E-state index contributed by atoms with van der Waals surface area (Å²) in [4.78, 5) is 10.4. The number of nitrogens with zero attached hydrogens (tertiary/aromatic N) is 1. The fourth-order valence-electron chi connectivity index (χ4n) is 2.04. The molecule has 1 heterocycles. The van der Waals surface area contributed by atoms with E-state index in [2.05, 4.69) is 0 Å². The van der Waals surface area contributed by atoms with Gasteiger partial charge in [-0.05, 0) is 5.56 Å². The number of nitro groups is 1. The minimum atomic E-state index is -1.56. The molecule has 0 bridgehead atoms. The average molecular weight is 269 g/mol. The van der Waals surface area contributed by atoms with E-state index in [9.17, 15) is 20.3 Å². The number of rotatable bonds is 5. The van der Waals surface area contributed by atoms with E-state index in [0.29, 0.717) is 5.56 Å². The Morgan fingerprint density at radius 3 is 2.53 bits per heavy atom. The van der Waals surface area contributed by atoms with Crippen LogP contribution < -0.4 is 0 Å². The van der Waals surface area contributed by atoms with Gasteiger partial charge in [-0.1, -0.05) is 30.3 Å². The fraction of sp³-hybridized carbons (Fsp3) is 0.500. The summed E-state index contributed by atoms with van der Waals surface area (Å²) in [6, 6.07) is 6.64. The van der Waals surface area contributed by atoms with Crippen LogP contribution in [0.4, 0.5) is 0 Å². The first-order valence-corrected chi connectivity index (χ1v) is 5.85. The van der Waals surface area contributed by atoms with E-state index in [-0.39, 0.29) is 13.4 Å². The molecule has 104 valence electrons. The summed E-state index contributed by atoms with van der Waals surface area (Å²) in [6.07, 6.45) is -3.64. The molecule has 7 heteroatoms. The molecule has 0 saturated carbocycles. The summed E-state index contributed by atoms with van der Waals surface area (Å²) in [5.74, 6) is 0. The molecule has 2 N–H and O–H groups in total. The lowest BCUT2D eigenvalue weighted by Crippen LogP contribution is -2.46. The highest BCUT2D eigenvalue weighted by Crippen LogP contribution is 2.24. The van der Waals surface area contributed by atoms with Crippen LogP contribution in [-0.2, 0) is 9.47 Å².